The van der Waals surface area contributed by atoms with Crippen LogP contribution in [0.4, 0.5) is 0 Å². The van der Waals surface area contributed by atoms with Crippen LogP contribution in [0.15, 0.2) is 0 Å². The van der Waals surface area contributed by atoms with Crippen molar-refractivity contribution in [2.45, 2.75) is 46.6 Å². The van der Waals surface area contributed by atoms with E-state index in [1.807, 2.05) is 20.8 Å². The summed E-state index contributed by atoms with van der Waals surface area (Å²) in [5.74, 6) is -0.151. The second-order valence-electron chi connectivity index (χ2n) is 4.36. The first-order valence-electron chi connectivity index (χ1n) is 6.68. The molecule has 0 fully saturated rings. The number of nitrogens with one attached hydrogen (secondary N) is 1. The van der Waals surface area contributed by atoms with Crippen molar-refractivity contribution in [3.63, 3.8) is 0 Å². The number of ether oxygens (including phenoxy) is 1. The fourth-order valence-electron chi connectivity index (χ4n) is 1.66. The second kappa shape index (κ2) is 8.48. The van der Waals surface area contributed by atoms with Crippen LogP contribution in [0.1, 0.15) is 41.0 Å². The summed E-state index contributed by atoms with van der Waals surface area (Å²) in [4.78, 5) is 14.1. The lowest BCUT2D eigenvalue weighted by atomic mass is 9.99. The summed E-state index contributed by atoms with van der Waals surface area (Å²) in [5, 5.41) is 3.31. The van der Waals surface area contributed by atoms with Crippen LogP contribution >= 0.6 is 0 Å². The van der Waals surface area contributed by atoms with E-state index < -0.39 is 5.54 Å². The zero-order chi connectivity index (χ0) is 13.3. The number of hydrogen-bond acceptors (Lipinski definition) is 4. The Morgan fingerprint density at radius 1 is 1.24 bits per heavy atom. The van der Waals surface area contributed by atoms with Gasteiger partial charge < -0.3 is 15.0 Å². The molecule has 0 rings (SSSR count). The minimum atomic E-state index is -0.552. The standard InChI is InChI=1S/C13H28N2O2/c1-6-13(5,12(16)17-9-4)14-10-11-15(7-2)8-3/h14H,6-11H2,1-5H3. The number of hydrogen-bond donors (Lipinski definition) is 1. The van der Waals surface area contributed by atoms with E-state index in [2.05, 4.69) is 24.1 Å². The Morgan fingerprint density at radius 3 is 2.24 bits per heavy atom. The van der Waals surface area contributed by atoms with Gasteiger partial charge in [-0.1, -0.05) is 20.8 Å². The highest BCUT2D eigenvalue weighted by Gasteiger charge is 2.31. The molecule has 0 saturated heterocycles. The number of rotatable bonds is 9. The molecule has 0 spiro atoms. The van der Waals surface area contributed by atoms with Crippen molar-refractivity contribution in [1.29, 1.82) is 0 Å². The van der Waals surface area contributed by atoms with Gasteiger partial charge in [-0.05, 0) is 33.4 Å². The summed E-state index contributed by atoms with van der Waals surface area (Å²) < 4.78 is 5.09. The normalized spacial score (nSPS) is 14.7. The van der Waals surface area contributed by atoms with Crippen molar-refractivity contribution < 1.29 is 9.53 Å². The van der Waals surface area contributed by atoms with Gasteiger partial charge in [0, 0.05) is 13.1 Å². The Balaban J connectivity index is 4.16. The molecular weight excluding hydrogens is 216 g/mol. The monoisotopic (exact) mass is 244 g/mol. The summed E-state index contributed by atoms with van der Waals surface area (Å²) in [6, 6.07) is 0. The Labute approximate surface area is 106 Å². The van der Waals surface area contributed by atoms with Crippen LogP contribution in [-0.2, 0) is 9.53 Å². The van der Waals surface area contributed by atoms with Crippen molar-refractivity contribution in [3.8, 4) is 0 Å². The van der Waals surface area contributed by atoms with Gasteiger partial charge in [0.25, 0.3) is 0 Å². The van der Waals surface area contributed by atoms with Crippen LogP contribution < -0.4 is 5.32 Å². The van der Waals surface area contributed by atoms with Gasteiger partial charge in [0.2, 0.25) is 0 Å². The number of carbonyl (C=O) groups excluding carboxylic acids is 1. The van der Waals surface area contributed by atoms with Gasteiger partial charge in [-0.3, -0.25) is 4.79 Å². The summed E-state index contributed by atoms with van der Waals surface area (Å²) in [6.45, 7) is 14.3. The van der Waals surface area contributed by atoms with Gasteiger partial charge in [0.1, 0.15) is 5.54 Å². The van der Waals surface area contributed by atoms with E-state index in [9.17, 15) is 4.79 Å². The van der Waals surface area contributed by atoms with Gasteiger partial charge in [-0.25, -0.2) is 0 Å². The topological polar surface area (TPSA) is 41.6 Å². The van der Waals surface area contributed by atoms with Gasteiger partial charge in [-0.2, -0.15) is 0 Å². The fraction of sp³-hybridized carbons (Fsp3) is 0.923. The molecule has 0 radical (unpaired) electrons. The van der Waals surface area contributed by atoms with Crippen LogP contribution in [0.2, 0.25) is 0 Å². The van der Waals surface area contributed by atoms with Crippen molar-refractivity contribution in [3.05, 3.63) is 0 Å². The first kappa shape index (κ1) is 16.4. The lowest BCUT2D eigenvalue weighted by molar-refractivity contribution is -0.150. The Morgan fingerprint density at radius 2 is 1.82 bits per heavy atom. The molecule has 0 aliphatic carbocycles. The first-order valence-corrected chi connectivity index (χ1v) is 6.68. The largest absolute Gasteiger partial charge is 0.465 e. The molecule has 0 saturated carbocycles. The minimum absolute atomic E-state index is 0.151. The summed E-state index contributed by atoms with van der Waals surface area (Å²) in [6.07, 6.45) is 0.740. The molecule has 17 heavy (non-hydrogen) atoms. The summed E-state index contributed by atoms with van der Waals surface area (Å²) in [7, 11) is 0. The van der Waals surface area contributed by atoms with E-state index in [0.29, 0.717) is 6.61 Å². The number of nitrogens with zero attached hydrogens (tertiary/aromatic N) is 1. The van der Waals surface area contributed by atoms with Gasteiger partial charge in [-0.15, -0.1) is 0 Å². The molecule has 0 amide bonds. The van der Waals surface area contributed by atoms with Crippen LogP contribution in [0, 0.1) is 0 Å². The van der Waals surface area contributed by atoms with E-state index in [1.165, 1.54) is 0 Å². The van der Waals surface area contributed by atoms with Crippen molar-refractivity contribution >= 4 is 5.97 Å². The SMILES string of the molecule is CCOC(=O)C(C)(CC)NCCN(CC)CC. The third-order valence-electron chi connectivity index (χ3n) is 3.27. The highest BCUT2D eigenvalue weighted by Crippen LogP contribution is 2.11. The first-order chi connectivity index (χ1) is 8.03. The molecular formula is C13H28N2O2. The zero-order valence-electron chi connectivity index (χ0n) is 12.0. The van der Waals surface area contributed by atoms with E-state index >= 15 is 0 Å². The zero-order valence-corrected chi connectivity index (χ0v) is 12.0. The van der Waals surface area contributed by atoms with Crippen molar-refractivity contribution in [1.82, 2.24) is 10.2 Å². The summed E-state index contributed by atoms with van der Waals surface area (Å²) in [5.41, 5.74) is -0.552. The summed E-state index contributed by atoms with van der Waals surface area (Å²) >= 11 is 0. The van der Waals surface area contributed by atoms with Crippen LogP contribution in [-0.4, -0.2) is 49.2 Å². The Bertz CT molecular complexity index is 217. The third-order valence-corrected chi connectivity index (χ3v) is 3.27. The molecule has 102 valence electrons. The number of likely N-dealkylation sites (N-methyl/N-ethyl adjacent to an activating group) is 1. The fourth-order valence-corrected chi connectivity index (χ4v) is 1.66. The molecule has 0 aromatic rings. The molecule has 1 unspecified atom stereocenters. The molecule has 1 N–H and O–H groups in total. The maximum Gasteiger partial charge on any atom is 0.326 e. The number of carbonyl (C=O) groups is 1. The van der Waals surface area contributed by atoms with Gasteiger partial charge in [0.05, 0.1) is 6.61 Å². The van der Waals surface area contributed by atoms with E-state index in [-0.39, 0.29) is 5.97 Å². The smallest absolute Gasteiger partial charge is 0.326 e. The van der Waals surface area contributed by atoms with Gasteiger partial charge >= 0.3 is 5.97 Å². The predicted molar refractivity (Wildman–Crippen MR) is 71.1 cm³/mol. The highest BCUT2D eigenvalue weighted by atomic mass is 16.5. The van der Waals surface area contributed by atoms with Crippen LogP contribution in [0.5, 0.6) is 0 Å². The lowest BCUT2D eigenvalue weighted by Crippen LogP contribution is -2.52. The van der Waals surface area contributed by atoms with E-state index in [0.717, 1.165) is 32.6 Å². The van der Waals surface area contributed by atoms with Crippen molar-refractivity contribution in [2.75, 3.05) is 32.8 Å². The molecule has 0 aromatic heterocycles. The van der Waals surface area contributed by atoms with Crippen LogP contribution in [0.3, 0.4) is 0 Å². The van der Waals surface area contributed by atoms with Crippen molar-refractivity contribution in [2.24, 2.45) is 0 Å². The molecule has 0 aliphatic rings. The molecule has 4 nitrogen and oxygen atoms in total. The maximum atomic E-state index is 11.8. The maximum absolute atomic E-state index is 11.8. The highest BCUT2D eigenvalue weighted by molar-refractivity contribution is 5.80. The lowest BCUT2D eigenvalue weighted by Gasteiger charge is -2.28. The van der Waals surface area contributed by atoms with Crippen LogP contribution in [0.25, 0.3) is 0 Å². The molecule has 0 aromatic carbocycles. The van der Waals surface area contributed by atoms with Gasteiger partial charge in [0.15, 0.2) is 0 Å². The number of esters is 1. The quantitative estimate of drug-likeness (QED) is 0.626. The third kappa shape index (κ3) is 5.50. The average molecular weight is 244 g/mol. The van der Waals surface area contributed by atoms with E-state index in [1.54, 1.807) is 0 Å². The molecule has 1 atom stereocenters. The average Bonchev–Trinajstić information content (AvgIpc) is 2.34. The second-order valence-corrected chi connectivity index (χ2v) is 4.36. The minimum Gasteiger partial charge on any atom is -0.465 e. The molecule has 0 heterocycles. The predicted octanol–water partition coefficient (Wildman–Crippen LogP) is 1.65. The Hall–Kier alpha value is -0.610. The van der Waals surface area contributed by atoms with E-state index in [4.69, 9.17) is 4.74 Å². The molecule has 4 heteroatoms. The molecule has 0 aliphatic heterocycles. The molecule has 0 bridgehead atoms. The Kier molecular flexibility index (Phi) is 8.17.